The van der Waals surface area contributed by atoms with Crippen molar-refractivity contribution in [1.29, 1.82) is 5.26 Å². The van der Waals surface area contributed by atoms with Gasteiger partial charge in [0.05, 0.1) is 12.6 Å². The first-order valence-electron chi connectivity index (χ1n) is 2.17. The van der Waals surface area contributed by atoms with Crippen LogP contribution in [-0.2, 0) is 0 Å². The molecule has 0 fully saturated rings. The first-order valence-corrected chi connectivity index (χ1v) is 4.32. The molecule has 0 saturated heterocycles. The molecule has 0 spiro atoms. The van der Waals surface area contributed by atoms with Gasteiger partial charge in [0, 0.05) is 0 Å². The molecule has 0 aliphatic heterocycles. The zero-order chi connectivity index (χ0) is 6.99. The highest BCUT2D eigenvalue weighted by atomic mass is 127. The Kier molecular flexibility index (Phi) is 14.1. The lowest BCUT2D eigenvalue weighted by Gasteiger charge is -1.97. The topological polar surface area (TPSA) is 27.0 Å². The zero-order valence-electron chi connectivity index (χ0n) is 5.48. The predicted octanol–water partition coefficient (Wildman–Crippen LogP) is 1.12. The highest BCUT2D eigenvalue weighted by molar-refractivity contribution is 14.1. The van der Waals surface area contributed by atoms with Gasteiger partial charge in [-0.15, -0.1) is 0 Å². The van der Waals surface area contributed by atoms with Crippen LogP contribution in [0.2, 0.25) is 0 Å². The largest absolute Gasteiger partial charge is 0.297 e. The molecule has 0 aliphatic carbocycles. The summed E-state index contributed by atoms with van der Waals surface area (Å²) in [5.41, 5.74) is 0. The van der Waals surface area contributed by atoms with Crippen LogP contribution in [0, 0.1) is 11.3 Å². The molecule has 0 atom stereocenters. The monoisotopic (exact) mass is 226 g/mol. The van der Waals surface area contributed by atoms with Gasteiger partial charge in [0.1, 0.15) is 0 Å². The third kappa shape index (κ3) is 16.4. The van der Waals surface area contributed by atoms with Crippen LogP contribution in [0.1, 0.15) is 0 Å². The summed E-state index contributed by atoms with van der Waals surface area (Å²) in [5.74, 6) is 0. The van der Waals surface area contributed by atoms with Crippen molar-refractivity contribution in [3.05, 3.63) is 0 Å². The molecule has 0 radical (unpaired) electrons. The van der Waals surface area contributed by atoms with Gasteiger partial charge in [-0.1, -0.05) is 22.6 Å². The Morgan fingerprint density at radius 2 is 1.88 bits per heavy atom. The normalized spacial score (nSPS) is 7.00. The average Bonchev–Trinajstić information content (AvgIpc) is 1.72. The molecule has 0 unspecified atom stereocenters. The Labute approximate surface area is 64.6 Å². The molecule has 0 aromatic carbocycles. The Morgan fingerprint density at radius 3 is 1.88 bits per heavy atom. The fraction of sp³-hybridized carbons (Fsp3) is 0.800. The summed E-state index contributed by atoms with van der Waals surface area (Å²) in [6.45, 7) is 0.514. The second-order valence-corrected chi connectivity index (χ2v) is 1.40. The number of hydrogen-bond donors (Lipinski definition) is 0. The minimum atomic E-state index is 0.514. The predicted molar refractivity (Wildman–Crippen MR) is 44.1 cm³/mol. The number of nitrogens with zero attached hydrogens (tertiary/aromatic N) is 2. The van der Waals surface area contributed by atoms with Gasteiger partial charge >= 0.3 is 0 Å². The Bertz CT molecular complexity index is 65.3. The molecule has 3 heteroatoms. The first kappa shape index (κ1) is 11.0. The van der Waals surface area contributed by atoms with Crippen LogP contribution >= 0.6 is 22.6 Å². The number of halogens is 1. The minimum Gasteiger partial charge on any atom is -0.297 e. The van der Waals surface area contributed by atoms with Crippen LogP contribution in [-0.4, -0.2) is 30.5 Å². The van der Waals surface area contributed by atoms with Crippen molar-refractivity contribution in [2.75, 3.05) is 25.6 Å². The lowest BCUT2D eigenvalue weighted by atomic mass is 10.7. The Balaban J connectivity index is 0. The molecular weight excluding hydrogens is 215 g/mol. The van der Waals surface area contributed by atoms with Crippen molar-refractivity contribution in [2.24, 2.45) is 0 Å². The number of hydrogen-bond acceptors (Lipinski definition) is 2. The average molecular weight is 226 g/mol. The molecule has 0 amide bonds. The molecule has 0 N–H and O–H groups in total. The smallest absolute Gasteiger partial charge is 0.0861 e. The van der Waals surface area contributed by atoms with Crippen molar-refractivity contribution < 1.29 is 0 Å². The molecule has 0 heterocycles. The van der Waals surface area contributed by atoms with Crippen molar-refractivity contribution in [2.45, 2.75) is 0 Å². The maximum atomic E-state index is 7.94. The summed E-state index contributed by atoms with van der Waals surface area (Å²) in [4.78, 5) is 3.79. The highest BCUT2D eigenvalue weighted by Gasteiger charge is 1.78. The summed E-state index contributed by atoms with van der Waals surface area (Å²) in [5, 5.41) is 7.94. The Morgan fingerprint density at radius 1 is 1.50 bits per heavy atom. The van der Waals surface area contributed by atoms with Crippen molar-refractivity contribution in [3.8, 4) is 6.07 Å². The number of rotatable bonds is 1. The van der Waals surface area contributed by atoms with Crippen LogP contribution in [0.25, 0.3) is 0 Å². The van der Waals surface area contributed by atoms with E-state index in [1.165, 1.54) is 0 Å². The SMILES string of the molecule is CI.CN(C)CC#N. The quantitative estimate of drug-likeness (QED) is 0.380. The van der Waals surface area contributed by atoms with E-state index < -0.39 is 0 Å². The van der Waals surface area contributed by atoms with Gasteiger partial charge in [-0.2, -0.15) is 5.26 Å². The zero-order valence-corrected chi connectivity index (χ0v) is 7.64. The van der Waals surface area contributed by atoms with Crippen LogP contribution in [0.3, 0.4) is 0 Å². The minimum absolute atomic E-state index is 0.514. The first-order chi connectivity index (χ1) is 3.77. The fourth-order valence-corrected chi connectivity index (χ4v) is 0.141. The van der Waals surface area contributed by atoms with Crippen molar-refractivity contribution in [1.82, 2.24) is 4.90 Å². The van der Waals surface area contributed by atoms with E-state index in [0.717, 1.165) is 0 Å². The molecule has 0 aliphatic rings. The van der Waals surface area contributed by atoms with Gasteiger partial charge in [0.25, 0.3) is 0 Å². The van der Waals surface area contributed by atoms with E-state index in [2.05, 4.69) is 22.6 Å². The fourth-order valence-electron chi connectivity index (χ4n) is 0.141. The molecule has 0 aromatic heterocycles. The highest BCUT2D eigenvalue weighted by Crippen LogP contribution is 1.64. The van der Waals surface area contributed by atoms with E-state index in [9.17, 15) is 0 Å². The summed E-state index contributed by atoms with van der Waals surface area (Å²) >= 11 is 2.15. The van der Waals surface area contributed by atoms with E-state index in [1.807, 2.05) is 30.0 Å². The van der Waals surface area contributed by atoms with Gasteiger partial charge in [-0.05, 0) is 19.0 Å². The molecule has 0 aromatic rings. The lowest BCUT2D eigenvalue weighted by Crippen LogP contribution is -2.10. The van der Waals surface area contributed by atoms with E-state index >= 15 is 0 Å². The van der Waals surface area contributed by atoms with E-state index in [4.69, 9.17) is 5.26 Å². The molecule has 48 valence electrons. The summed E-state index contributed by atoms with van der Waals surface area (Å²) in [7, 11) is 3.73. The molecule has 0 bridgehead atoms. The van der Waals surface area contributed by atoms with E-state index in [0.29, 0.717) is 6.54 Å². The maximum absolute atomic E-state index is 7.94. The van der Waals surface area contributed by atoms with Gasteiger partial charge < -0.3 is 0 Å². The van der Waals surface area contributed by atoms with Crippen LogP contribution < -0.4 is 0 Å². The van der Waals surface area contributed by atoms with Gasteiger partial charge in [-0.25, -0.2) is 0 Å². The summed E-state index contributed by atoms with van der Waals surface area (Å²) < 4.78 is 0. The molecular formula is C5H11IN2. The second kappa shape index (κ2) is 10.2. The van der Waals surface area contributed by atoms with Gasteiger partial charge in [0.15, 0.2) is 0 Å². The Hall–Kier alpha value is 0.180. The second-order valence-electron chi connectivity index (χ2n) is 1.40. The standard InChI is InChI=1S/C4H8N2.CH3I/c1-6(2)4-3-5;1-2/h4H2,1-2H3;1H3. The lowest BCUT2D eigenvalue weighted by molar-refractivity contribution is 0.461. The molecule has 0 saturated carbocycles. The van der Waals surface area contributed by atoms with Crippen molar-refractivity contribution >= 4 is 22.6 Å². The van der Waals surface area contributed by atoms with E-state index in [-0.39, 0.29) is 0 Å². The van der Waals surface area contributed by atoms with Crippen molar-refractivity contribution in [3.63, 3.8) is 0 Å². The third-order valence-corrected chi connectivity index (χ3v) is 0.387. The van der Waals surface area contributed by atoms with E-state index in [1.54, 1.807) is 0 Å². The molecule has 8 heavy (non-hydrogen) atoms. The number of nitriles is 1. The van der Waals surface area contributed by atoms with Crippen LogP contribution in [0.5, 0.6) is 0 Å². The summed E-state index contributed by atoms with van der Waals surface area (Å²) in [6, 6.07) is 1.99. The summed E-state index contributed by atoms with van der Waals surface area (Å²) in [6.07, 6.45) is 0. The van der Waals surface area contributed by atoms with Crippen LogP contribution in [0.4, 0.5) is 0 Å². The third-order valence-electron chi connectivity index (χ3n) is 0.387. The molecule has 2 nitrogen and oxygen atoms in total. The number of alkyl halides is 1. The van der Waals surface area contributed by atoms with Crippen LogP contribution in [0.15, 0.2) is 0 Å². The van der Waals surface area contributed by atoms with Gasteiger partial charge in [-0.3, -0.25) is 4.90 Å². The maximum Gasteiger partial charge on any atom is 0.0861 e. The molecule has 0 rings (SSSR count). The van der Waals surface area contributed by atoms with Gasteiger partial charge in [0.2, 0.25) is 0 Å².